The molecule has 5 rings (SSSR count). The van der Waals surface area contributed by atoms with Gasteiger partial charge < -0.3 is 25.3 Å². The molecule has 1 aliphatic carbocycles. The molecule has 2 saturated heterocycles. The van der Waals surface area contributed by atoms with Gasteiger partial charge in [-0.3, -0.25) is 14.4 Å². The predicted molar refractivity (Wildman–Crippen MR) is 143 cm³/mol. The van der Waals surface area contributed by atoms with E-state index in [-0.39, 0.29) is 35.5 Å². The molecule has 202 valence electrons. The van der Waals surface area contributed by atoms with Crippen molar-refractivity contribution in [2.24, 2.45) is 11.3 Å². The van der Waals surface area contributed by atoms with E-state index in [0.717, 1.165) is 43.9 Å². The van der Waals surface area contributed by atoms with E-state index in [0.29, 0.717) is 47.9 Å². The molecule has 38 heavy (non-hydrogen) atoms. The highest BCUT2D eigenvalue weighted by Gasteiger charge is 2.49. The van der Waals surface area contributed by atoms with Crippen LogP contribution in [-0.4, -0.2) is 59.9 Å². The highest BCUT2D eigenvalue weighted by Crippen LogP contribution is 2.47. The number of nitrogens with one attached hydrogen (secondary N) is 3. The molecule has 3 aliphatic rings. The highest BCUT2D eigenvalue weighted by atomic mass is 35.5. The number of carbonyl (C=O) groups excluding carboxylic acids is 3. The molecule has 3 fully saturated rings. The quantitative estimate of drug-likeness (QED) is 0.512. The lowest BCUT2D eigenvalue weighted by atomic mass is 9.72. The number of nitriles is 1. The number of ether oxygens (including phenoxy) is 1. The van der Waals surface area contributed by atoms with Crippen LogP contribution in [0.4, 0.5) is 0 Å². The van der Waals surface area contributed by atoms with E-state index >= 15 is 0 Å². The molecule has 9 nitrogen and oxygen atoms in total. The molecule has 1 aromatic carbocycles. The van der Waals surface area contributed by atoms with E-state index in [1.807, 2.05) is 6.07 Å². The van der Waals surface area contributed by atoms with Gasteiger partial charge in [0.1, 0.15) is 23.5 Å². The fourth-order valence-corrected chi connectivity index (χ4v) is 6.75. The van der Waals surface area contributed by atoms with Crippen LogP contribution in [0.25, 0.3) is 10.9 Å². The van der Waals surface area contributed by atoms with Gasteiger partial charge >= 0.3 is 0 Å². The number of hydrogen-bond acceptors (Lipinski definition) is 5. The number of halogens is 1. The molecule has 0 radical (unpaired) electrons. The number of fused-ring (bicyclic) bond motifs is 1. The number of H-pyrrole nitrogens is 1. The monoisotopic (exact) mass is 539 g/mol. The number of nitrogens with zero attached hydrogens (tertiary/aromatic N) is 2. The first-order valence-corrected chi connectivity index (χ1v) is 13.9. The third kappa shape index (κ3) is 5.19. The SMILES string of the molecule is COc1cc(Cl)c2[nH]c(C(=O)N3CC4(CCCCC4)C[C@H]3C(=O)N[C@H](C#N)C[C@@H]3CCCNC3=O)cc2c1. The second kappa shape index (κ2) is 10.9. The number of amides is 3. The predicted octanol–water partition coefficient (Wildman–Crippen LogP) is 3.92. The number of aromatic amines is 1. The summed E-state index contributed by atoms with van der Waals surface area (Å²) in [6.07, 6.45) is 7.66. The Labute approximate surface area is 227 Å². The Kier molecular flexibility index (Phi) is 7.53. The van der Waals surface area contributed by atoms with Crippen molar-refractivity contribution in [2.45, 2.75) is 69.9 Å². The standard InChI is InChI=1S/C28H34ClN5O4/c1-38-20-11-18-12-22(33-24(18)21(29)13-20)27(37)34-16-28(7-3-2-4-8-28)14-23(34)26(36)32-19(15-30)10-17-6-5-9-31-25(17)35/h11-13,17,19,23,33H,2-10,14,16H2,1H3,(H,31,35)(H,32,36)/t17-,19-,23-/m0/s1. The summed E-state index contributed by atoms with van der Waals surface area (Å²) in [5.74, 6) is -0.376. The lowest BCUT2D eigenvalue weighted by Gasteiger charge is -2.32. The molecule has 3 N–H and O–H groups in total. The Morgan fingerprint density at radius 3 is 2.76 bits per heavy atom. The Hall–Kier alpha value is -3.25. The smallest absolute Gasteiger partial charge is 0.271 e. The Morgan fingerprint density at radius 2 is 2.05 bits per heavy atom. The van der Waals surface area contributed by atoms with Gasteiger partial charge in [-0.15, -0.1) is 0 Å². The summed E-state index contributed by atoms with van der Waals surface area (Å²) < 4.78 is 5.31. The highest BCUT2D eigenvalue weighted by molar-refractivity contribution is 6.35. The Bertz CT molecular complexity index is 1280. The van der Waals surface area contributed by atoms with Crippen LogP contribution >= 0.6 is 11.6 Å². The van der Waals surface area contributed by atoms with Crippen LogP contribution in [0.2, 0.25) is 5.02 Å². The van der Waals surface area contributed by atoms with Gasteiger partial charge in [0.25, 0.3) is 5.91 Å². The summed E-state index contributed by atoms with van der Waals surface area (Å²) in [5.41, 5.74) is 0.893. The van der Waals surface area contributed by atoms with E-state index in [1.54, 1.807) is 24.1 Å². The Morgan fingerprint density at radius 1 is 1.26 bits per heavy atom. The topological polar surface area (TPSA) is 127 Å². The van der Waals surface area contributed by atoms with E-state index < -0.39 is 12.1 Å². The normalized spacial score (nSPS) is 23.6. The van der Waals surface area contributed by atoms with Gasteiger partial charge in [-0.2, -0.15) is 5.26 Å². The first-order chi connectivity index (χ1) is 18.3. The van der Waals surface area contributed by atoms with Gasteiger partial charge in [-0.05, 0) is 56.1 Å². The lowest BCUT2D eigenvalue weighted by molar-refractivity contribution is -0.128. The molecule has 0 bridgehead atoms. The molecule has 1 saturated carbocycles. The van der Waals surface area contributed by atoms with Crippen molar-refractivity contribution in [3.05, 3.63) is 28.9 Å². The zero-order valence-corrected chi connectivity index (χ0v) is 22.4. The number of aromatic nitrogens is 1. The van der Waals surface area contributed by atoms with E-state index in [4.69, 9.17) is 16.3 Å². The van der Waals surface area contributed by atoms with Gasteiger partial charge in [-0.1, -0.05) is 30.9 Å². The zero-order chi connectivity index (χ0) is 26.9. The van der Waals surface area contributed by atoms with Crippen molar-refractivity contribution in [3.8, 4) is 11.8 Å². The van der Waals surface area contributed by atoms with Crippen LogP contribution < -0.4 is 15.4 Å². The van der Waals surface area contributed by atoms with Crippen molar-refractivity contribution in [3.63, 3.8) is 0 Å². The Balaban J connectivity index is 1.38. The summed E-state index contributed by atoms with van der Waals surface area (Å²) in [6.45, 7) is 1.14. The summed E-state index contributed by atoms with van der Waals surface area (Å²) >= 11 is 6.42. The van der Waals surface area contributed by atoms with Crippen molar-refractivity contribution in [1.29, 1.82) is 5.26 Å². The van der Waals surface area contributed by atoms with Gasteiger partial charge in [-0.25, -0.2) is 0 Å². The summed E-state index contributed by atoms with van der Waals surface area (Å²) in [7, 11) is 1.56. The first-order valence-electron chi connectivity index (χ1n) is 13.5. The molecule has 3 amide bonds. The number of hydrogen-bond donors (Lipinski definition) is 3. The van der Waals surface area contributed by atoms with Crippen LogP contribution in [-0.2, 0) is 9.59 Å². The maximum atomic E-state index is 13.9. The van der Waals surface area contributed by atoms with E-state index in [2.05, 4.69) is 21.7 Å². The first kappa shape index (κ1) is 26.4. The second-order valence-corrected chi connectivity index (χ2v) is 11.4. The van der Waals surface area contributed by atoms with Crippen LogP contribution in [0.5, 0.6) is 5.75 Å². The van der Waals surface area contributed by atoms with Crippen LogP contribution in [0.15, 0.2) is 18.2 Å². The third-order valence-electron chi connectivity index (χ3n) is 8.50. The fraction of sp³-hybridized carbons (Fsp3) is 0.571. The molecule has 1 spiro atoms. The van der Waals surface area contributed by atoms with E-state index in [1.165, 1.54) is 0 Å². The maximum Gasteiger partial charge on any atom is 0.271 e. The number of benzene rings is 1. The van der Waals surface area contributed by atoms with Crippen LogP contribution in [0.3, 0.4) is 0 Å². The van der Waals surface area contributed by atoms with Gasteiger partial charge in [0.2, 0.25) is 11.8 Å². The second-order valence-electron chi connectivity index (χ2n) is 11.0. The molecule has 2 aromatic rings. The zero-order valence-electron chi connectivity index (χ0n) is 21.6. The van der Waals surface area contributed by atoms with Crippen molar-refractivity contribution in [2.75, 3.05) is 20.2 Å². The van der Waals surface area contributed by atoms with Crippen molar-refractivity contribution < 1.29 is 19.1 Å². The molecular weight excluding hydrogens is 506 g/mol. The number of methoxy groups -OCH3 is 1. The van der Waals surface area contributed by atoms with Gasteiger partial charge in [0, 0.05) is 30.5 Å². The summed E-state index contributed by atoms with van der Waals surface area (Å²) in [6, 6.07) is 5.91. The number of piperidine rings is 1. The summed E-state index contributed by atoms with van der Waals surface area (Å²) in [4.78, 5) is 44.5. The number of likely N-dealkylation sites (tertiary alicyclic amines) is 1. The molecule has 3 atom stereocenters. The fourth-order valence-electron chi connectivity index (χ4n) is 6.49. The van der Waals surface area contributed by atoms with Crippen LogP contribution in [0.1, 0.15) is 68.3 Å². The molecule has 1 aromatic heterocycles. The number of rotatable bonds is 6. The number of carbonyl (C=O) groups is 3. The van der Waals surface area contributed by atoms with Crippen LogP contribution in [0, 0.1) is 22.7 Å². The minimum Gasteiger partial charge on any atom is -0.497 e. The minimum absolute atomic E-state index is 0.0707. The van der Waals surface area contributed by atoms with Gasteiger partial charge in [0.05, 0.1) is 23.7 Å². The van der Waals surface area contributed by atoms with E-state index in [9.17, 15) is 19.6 Å². The van der Waals surface area contributed by atoms with Crippen molar-refractivity contribution in [1.82, 2.24) is 20.5 Å². The third-order valence-corrected chi connectivity index (χ3v) is 8.80. The maximum absolute atomic E-state index is 13.9. The average molecular weight is 540 g/mol. The lowest BCUT2D eigenvalue weighted by Crippen LogP contribution is -2.49. The molecular formula is C28H34ClN5O4. The molecule has 2 aliphatic heterocycles. The van der Waals surface area contributed by atoms with Crippen molar-refractivity contribution >= 4 is 40.2 Å². The minimum atomic E-state index is -0.796. The summed E-state index contributed by atoms with van der Waals surface area (Å²) in [5, 5.41) is 16.7. The molecule has 0 unspecified atom stereocenters. The molecule has 10 heteroatoms. The van der Waals surface area contributed by atoms with Gasteiger partial charge in [0.15, 0.2) is 0 Å². The molecule has 3 heterocycles. The largest absolute Gasteiger partial charge is 0.497 e. The average Bonchev–Trinajstić information content (AvgIpc) is 3.52.